The fourth-order valence-corrected chi connectivity index (χ4v) is 2.85. The maximum atomic E-state index is 6.36. The van der Waals surface area contributed by atoms with Gasteiger partial charge in [0.15, 0.2) is 0 Å². The molecule has 0 aliphatic heterocycles. The molecule has 0 aliphatic rings. The molecule has 21 heavy (non-hydrogen) atoms. The molecule has 0 fully saturated rings. The molecule has 1 aromatic carbocycles. The molecule has 2 unspecified atom stereocenters. The van der Waals surface area contributed by atoms with Crippen molar-refractivity contribution in [1.82, 2.24) is 9.55 Å². The molecule has 2 N–H and O–H groups in total. The second-order valence-electron chi connectivity index (χ2n) is 5.44. The minimum absolute atomic E-state index is 0.0117. The molecular formula is C17H27N3O. The molecule has 4 heteroatoms. The first-order valence-corrected chi connectivity index (χ1v) is 8.02. The lowest BCUT2D eigenvalue weighted by Gasteiger charge is -2.22. The van der Waals surface area contributed by atoms with Crippen LogP contribution in [0.2, 0.25) is 0 Å². The highest BCUT2D eigenvalue weighted by Crippen LogP contribution is 2.18. The van der Waals surface area contributed by atoms with E-state index in [-0.39, 0.29) is 12.1 Å². The lowest BCUT2D eigenvalue weighted by Crippen LogP contribution is -2.39. The van der Waals surface area contributed by atoms with E-state index in [9.17, 15) is 0 Å². The SMILES string of the molecule is CCCn1c(CC(N)C(CC)OCC)nc2ccccc21. The lowest BCUT2D eigenvalue weighted by atomic mass is 10.1. The predicted molar refractivity (Wildman–Crippen MR) is 87.4 cm³/mol. The van der Waals surface area contributed by atoms with Crippen LogP contribution in [0.25, 0.3) is 11.0 Å². The van der Waals surface area contributed by atoms with Crippen molar-refractivity contribution >= 4 is 11.0 Å². The average Bonchev–Trinajstić information content (AvgIpc) is 2.83. The van der Waals surface area contributed by atoms with Crippen LogP contribution in [0.1, 0.15) is 39.4 Å². The number of para-hydroxylation sites is 2. The number of aryl methyl sites for hydroxylation is 1. The fourth-order valence-electron chi connectivity index (χ4n) is 2.85. The van der Waals surface area contributed by atoms with E-state index in [1.165, 1.54) is 5.52 Å². The summed E-state index contributed by atoms with van der Waals surface area (Å²) in [6.45, 7) is 8.01. The normalized spacial score (nSPS) is 14.5. The monoisotopic (exact) mass is 289 g/mol. The summed E-state index contributed by atoms with van der Waals surface area (Å²) in [6.07, 6.45) is 2.88. The number of aromatic nitrogens is 2. The highest BCUT2D eigenvalue weighted by atomic mass is 16.5. The number of ether oxygens (including phenoxy) is 1. The van der Waals surface area contributed by atoms with Crippen molar-refractivity contribution in [2.24, 2.45) is 5.73 Å². The number of fused-ring (bicyclic) bond motifs is 1. The molecule has 116 valence electrons. The molecule has 0 aliphatic carbocycles. The van der Waals surface area contributed by atoms with Gasteiger partial charge in [0, 0.05) is 25.6 Å². The van der Waals surface area contributed by atoms with E-state index in [0.717, 1.165) is 37.1 Å². The van der Waals surface area contributed by atoms with Crippen LogP contribution in [0.5, 0.6) is 0 Å². The van der Waals surface area contributed by atoms with Gasteiger partial charge in [0.2, 0.25) is 0 Å². The number of benzene rings is 1. The Morgan fingerprint density at radius 1 is 1.24 bits per heavy atom. The Labute approximate surface area is 127 Å². The summed E-state index contributed by atoms with van der Waals surface area (Å²) in [5, 5.41) is 0. The lowest BCUT2D eigenvalue weighted by molar-refractivity contribution is 0.0411. The summed E-state index contributed by atoms with van der Waals surface area (Å²) < 4.78 is 8.04. The van der Waals surface area contributed by atoms with Gasteiger partial charge in [-0.05, 0) is 31.9 Å². The zero-order chi connectivity index (χ0) is 15.2. The number of rotatable bonds is 8. The molecule has 1 aromatic heterocycles. The van der Waals surface area contributed by atoms with Crippen molar-refractivity contribution < 1.29 is 4.74 Å². The summed E-state index contributed by atoms with van der Waals surface area (Å²) >= 11 is 0. The largest absolute Gasteiger partial charge is 0.377 e. The van der Waals surface area contributed by atoms with Crippen LogP contribution < -0.4 is 5.73 Å². The Balaban J connectivity index is 2.26. The van der Waals surface area contributed by atoms with E-state index in [4.69, 9.17) is 15.5 Å². The summed E-state index contributed by atoms with van der Waals surface area (Å²) in [5.41, 5.74) is 8.61. The third-order valence-corrected chi connectivity index (χ3v) is 3.86. The highest BCUT2D eigenvalue weighted by Gasteiger charge is 2.20. The summed E-state index contributed by atoms with van der Waals surface area (Å²) in [7, 11) is 0. The second kappa shape index (κ2) is 7.57. The third-order valence-electron chi connectivity index (χ3n) is 3.86. The van der Waals surface area contributed by atoms with Crippen LogP contribution in [0.3, 0.4) is 0 Å². The van der Waals surface area contributed by atoms with Gasteiger partial charge in [0.25, 0.3) is 0 Å². The highest BCUT2D eigenvalue weighted by molar-refractivity contribution is 5.75. The molecule has 2 rings (SSSR count). The molecule has 2 atom stereocenters. The van der Waals surface area contributed by atoms with Crippen molar-refractivity contribution in [3.63, 3.8) is 0 Å². The first-order valence-electron chi connectivity index (χ1n) is 8.02. The molecule has 4 nitrogen and oxygen atoms in total. The van der Waals surface area contributed by atoms with Crippen molar-refractivity contribution in [3.05, 3.63) is 30.1 Å². The Morgan fingerprint density at radius 3 is 2.67 bits per heavy atom. The quantitative estimate of drug-likeness (QED) is 0.812. The zero-order valence-corrected chi connectivity index (χ0v) is 13.4. The van der Waals surface area contributed by atoms with Crippen LogP contribution in [0, 0.1) is 0 Å². The van der Waals surface area contributed by atoms with Crippen molar-refractivity contribution in [1.29, 1.82) is 0 Å². The van der Waals surface area contributed by atoms with Gasteiger partial charge in [-0.3, -0.25) is 0 Å². The maximum absolute atomic E-state index is 6.36. The molecule has 0 bridgehead atoms. The Morgan fingerprint density at radius 2 is 2.00 bits per heavy atom. The van der Waals surface area contributed by atoms with E-state index < -0.39 is 0 Å². The maximum Gasteiger partial charge on any atom is 0.111 e. The number of hydrogen-bond donors (Lipinski definition) is 1. The minimum Gasteiger partial charge on any atom is -0.377 e. The van der Waals surface area contributed by atoms with Gasteiger partial charge in [-0.2, -0.15) is 0 Å². The predicted octanol–water partition coefficient (Wildman–Crippen LogP) is 3.13. The van der Waals surface area contributed by atoms with Crippen molar-refractivity contribution in [2.75, 3.05) is 6.61 Å². The Kier molecular flexibility index (Phi) is 5.76. The molecule has 1 heterocycles. The minimum atomic E-state index is -0.0117. The summed E-state index contributed by atoms with van der Waals surface area (Å²) in [5.74, 6) is 1.07. The molecular weight excluding hydrogens is 262 g/mol. The summed E-state index contributed by atoms with van der Waals surface area (Å²) in [4.78, 5) is 4.78. The number of hydrogen-bond acceptors (Lipinski definition) is 3. The zero-order valence-electron chi connectivity index (χ0n) is 13.4. The Bertz CT molecular complexity index is 564. The molecule has 0 amide bonds. The standard InChI is InChI=1S/C17H27N3O/c1-4-11-20-15-10-8-7-9-14(15)19-17(20)12-13(18)16(5-2)21-6-3/h7-10,13,16H,4-6,11-12,18H2,1-3H3. The Hall–Kier alpha value is -1.39. The van der Waals surface area contributed by atoms with Crippen LogP contribution in [-0.2, 0) is 17.7 Å². The van der Waals surface area contributed by atoms with E-state index in [2.05, 4.69) is 36.6 Å². The smallest absolute Gasteiger partial charge is 0.111 e. The van der Waals surface area contributed by atoms with E-state index >= 15 is 0 Å². The van der Waals surface area contributed by atoms with Gasteiger partial charge in [0.1, 0.15) is 5.82 Å². The van der Waals surface area contributed by atoms with E-state index in [1.807, 2.05) is 13.0 Å². The number of nitrogens with zero attached hydrogens (tertiary/aromatic N) is 2. The summed E-state index contributed by atoms with van der Waals surface area (Å²) in [6, 6.07) is 8.28. The van der Waals surface area contributed by atoms with Crippen LogP contribution in [0.4, 0.5) is 0 Å². The van der Waals surface area contributed by atoms with Gasteiger partial charge >= 0.3 is 0 Å². The molecule has 0 saturated carbocycles. The number of imidazole rings is 1. The molecule has 0 radical (unpaired) electrons. The molecule has 0 saturated heterocycles. The van der Waals surface area contributed by atoms with Gasteiger partial charge in [0.05, 0.1) is 17.1 Å². The third kappa shape index (κ3) is 3.63. The average molecular weight is 289 g/mol. The van der Waals surface area contributed by atoms with Crippen LogP contribution >= 0.6 is 0 Å². The van der Waals surface area contributed by atoms with Crippen LogP contribution in [-0.4, -0.2) is 28.3 Å². The molecule has 2 aromatic rings. The fraction of sp³-hybridized carbons (Fsp3) is 0.588. The van der Waals surface area contributed by atoms with E-state index in [0.29, 0.717) is 6.61 Å². The van der Waals surface area contributed by atoms with Gasteiger partial charge < -0.3 is 15.0 Å². The van der Waals surface area contributed by atoms with Gasteiger partial charge in [-0.1, -0.05) is 26.0 Å². The first kappa shape index (κ1) is 16.0. The number of nitrogens with two attached hydrogens (primary N) is 1. The molecule has 0 spiro atoms. The van der Waals surface area contributed by atoms with Crippen molar-refractivity contribution in [2.45, 2.75) is 58.7 Å². The van der Waals surface area contributed by atoms with Gasteiger partial charge in [-0.15, -0.1) is 0 Å². The van der Waals surface area contributed by atoms with E-state index in [1.54, 1.807) is 0 Å². The van der Waals surface area contributed by atoms with Crippen LogP contribution in [0.15, 0.2) is 24.3 Å². The van der Waals surface area contributed by atoms with Crippen molar-refractivity contribution in [3.8, 4) is 0 Å². The first-order chi connectivity index (χ1) is 10.2. The topological polar surface area (TPSA) is 53.1 Å². The van der Waals surface area contributed by atoms with Gasteiger partial charge in [-0.25, -0.2) is 4.98 Å². The second-order valence-corrected chi connectivity index (χ2v) is 5.44.